The second kappa shape index (κ2) is 9.21. The standard InChI is InChI=1S/C26H26N4O2/c1-17-15-30(16-18(2)32-17)25-12-11-22(14-28-25)26(31)29-24-6-4-5-23(19(24)3)21-9-7-20(13-27)8-10-21/h4-12,14,17-18H,15-16H2,1-3H3,(H,29,31)/t17-,18+. The number of anilines is 2. The fraction of sp³-hybridized carbons (Fsp3) is 0.269. The third kappa shape index (κ3) is 4.63. The summed E-state index contributed by atoms with van der Waals surface area (Å²) in [6.45, 7) is 7.65. The predicted molar refractivity (Wildman–Crippen MR) is 126 cm³/mol. The topological polar surface area (TPSA) is 78.2 Å². The summed E-state index contributed by atoms with van der Waals surface area (Å²) in [5.74, 6) is 0.649. The zero-order valence-corrected chi connectivity index (χ0v) is 18.5. The molecule has 4 rings (SSSR count). The van der Waals surface area contributed by atoms with Crippen LogP contribution in [0.3, 0.4) is 0 Å². The number of carbonyl (C=O) groups is 1. The molecule has 0 aliphatic carbocycles. The number of nitrogens with one attached hydrogen (secondary N) is 1. The Hall–Kier alpha value is -3.69. The maximum atomic E-state index is 12.9. The van der Waals surface area contributed by atoms with Crippen LogP contribution < -0.4 is 10.2 Å². The highest BCUT2D eigenvalue weighted by Crippen LogP contribution is 2.29. The first-order valence-electron chi connectivity index (χ1n) is 10.7. The van der Waals surface area contributed by atoms with Crippen LogP contribution >= 0.6 is 0 Å². The molecule has 1 saturated heterocycles. The number of pyridine rings is 1. The molecule has 6 heteroatoms. The SMILES string of the molecule is Cc1c(NC(=O)c2ccc(N3C[C@@H](C)O[C@@H](C)C3)nc2)cccc1-c1ccc(C#N)cc1. The van der Waals surface area contributed by atoms with Crippen molar-refractivity contribution in [2.75, 3.05) is 23.3 Å². The smallest absolute Gasteiger partial charge is 0.257 e. The molecule has 1 aliphatic heterocycles. The minimum Gasteiger partial charge on any atom is -0.372 e. The van der Waals surface area contributed by atoms with Crippen molar-refractivity contribution in [1.82, 2.24) is 4.98 Å². The highest BCUT2D eigenvalue weighted by molar-refractivity contribution is 6.05. The molecule has 3 aromatic rings. The van der Waals surface area contributed by atoms with Crippen molar-refractivity contribution in [3.8, 4) is 17.2 Å². The number of nitriles is 1. The number of aromatic nitrogens is 1. The molecule has 2 atom stereocenters. The van der Waals surface area contributed by atoms with Crippen molar-refractivity contribution in [1.29, 1.82) is 5.26 Å². The normalized spacial score (nSPS) is 18.1. The zero-order valence-electron chi connectivity index (χ0n) is 18.5. The van der Waals surface area contributed by atoms with Gasteiger partial charge in [-0.1, -0.05) is 24.3 Å². The van der Waals surface area contributed by atoms with Crippen molar-refractivity contribution < 1.29 is 9.53 Å². The number of ether oxygens (including phenoxy) is 1. The first-order valence-corrected chi connectivity index (χ1v) is 10.7. The van der Waals surface area contributed by atoms with Gasteiger partial charge in [-0.25, -0.2) is 4.98 Å². The van der Waals surface area contributed by atoms with Crippen LogP contribution in [-0.2, 0) is 4.74 Å². The quantitative estimate of drug-likeness (QED) is 0.649. The second-order valence-electron chi connectivity index (χ2n) is 8.19. The number of hydrogen-bond acceptors (Lipinski definition) is 5. The lowest BCUT2D eigenvalue weighted by Gasteiger charge is -2.36. The number of morpholine rings is 1. The Kier molecular flexibility index (Phi) is 6.20. The van der Waals surface area contributed by atoms with E-state index in [1.165, 1.54) is 0 Å². The summed E-state index contributed by atoms with van der Waals surface area (Å²) in [5.41, 5.74) is 4.84. The fourth-order valence-corrected chi connectivity index (χ4v) is 4.07. The fourth-order valence-electron chi connectivity index (χ4n) is 4.07. The van der Waals surface area contributed by atoms with Crippen molar-refractivity contribution in [3.05, 3.63) is 77.5 Å². The van der Waals surface area contributed by atoms with Gasteiger partial charge in [-0.05, 0) is 67.8 Å². The molecule has 1 aliphatic rings. The number of nitrogens with zero attached hydrogens (tertiary/aromatic N) is 3. The Morgan fingerprint density at radius 2 is 1.81 bits per heavy atom. The number of benzene rings is 2. The van der Waals surface area contributed by atoms with Crippen molar-refractivity contribution >= 4 is 17.4 Å². The highest BCUT2D eigenvalue weighted by Gasteiger charge is 2.23. The van der Waals surface area contributed by atoms with Gasteiger partial charge >= 0.3 is 0 Å². The van der Waals surface area contributed by atoms with Gasteiger partial charge in [0.1, 0.15) is 5.82 Å². The summed E-state index contributed by atoms with van der Waals surface area (Å²) in [6.07, 6.45) is 1.92. The van der Waals surface area contributed by atoms with Crippen LogP contribution in [0.2, 0.25) is 0 Å². The molecular formula is C26H26N4O2. The van der Waals surface area contributed by atoms with Crippen LogP contribution in [0.4, 0.5) is 11.5 Å². The maximum Gasteiger partial charge on any atom is 0.257 e. The van der Waals surface area contributed by atoms with E-state index in [-0.39, 0.29) is 18.1 Å². The molecule has 1 aromatic heterocycles. The van der Waals surface area contributed by atoms with Crippen molar-refractivity contribution in [2.24, 2.45) is 0 Å². The van der Waals surface area contributed by atoms with Crippen molar-refractivity contribution in [2.45, 2.75) is 33.0 Å². The Bertz CT molecular complexity index is 1140. The molecule has 0 saturated carbocycles. The molecule has 0 bridgehead atoms. The molecule has 2 aromatic carbocycles. The largest absolute Gasteiger partial charge is 0.372 e. The molecule has 0 radical (unpaired) electrons. The minimum atomic E-state index is -0.201. The number of amides is 1. The lowest BCUT2D eigenvalue weighted by Crippen LogP contribution is -2.45. The summed E-state index contributed by atoms with van der Waals surface area (Å²) in [6, 6.07) is 19.1. The van der Waals surface area contributed by atoms with Crippen LogP contribution in [-0.4, -0.2) is 36.2 Å². The molecule has 2 heterocycles. The molecule has 0 unspecified atom stereocenters. The maximum absolute atomic E-state index is 12.9. The van der Waals surface area contributed by atoms with Crippen LogP contribution in [0, 0.1) is 18.3 Å². The lowest BCUT2D eigenvalue weighted by molar-refractivity contribution is -0.00546. The van der Waals surface area contributed by atoms with Gasteiger partial charge in [0.2, 0.25) is 0 Å². The van der Waals surface area contributed by atoms with Gasteiger partial charge in [-0.15, -0.1) is 0 Å². The average molecular weight is 427 g/mol. The van der Waals surface area contributed by atoms with Gasteiger partial charge in [-0.3, -0.25) is 4.79 Å². The third-order valence-electron chi connectivity index (χ3n) is 5.66. The minimum absolute atomic E-state index is 0.148. The van der Waals surface area contributed by atoms with Crippen LogP contribution in [0.5, 0.6) is 0 Å². The molecular weight excluding hydrogens is 400 g/mol. The number of rotatable bonds is 4. The summed E-state index contributed by atoms with van der Waals surface area (Å²) < 4.78 is 5.78. The van der Waals surface area contributed by atoms with Crippen molar-refractivity contribution in [3.63, 3.8) is 0 Å². The van der Waals surface area contributed by atoms with Gasteiger partial charge in [0.05, 0.1) is 29.4 Å². The summed E-state index contributed by atoms with van der Waals surface area (Å²) in [7, 11) is 0. The van der Waals surface area contributed by atoms with E-state index in [1.807, 2.05) is 49.4 Å². The molecule has 1 amide bonds. The van der Waals surface area contributed by atoms with Crippen LogP contribution in [0.1, 0.15) is 35.3 Å². The van der Waals surface area contributed by atoms with Gasteiger partial charge in [0.25, 0.3) is 5.91 Å². The number of carbonyl (C=O) groups excluding carboxylic acids is 1. The third-order valence-corrected chi connectivity index (χ3v) is 5.66. The van der Waals surface area contributed by atoms with Gasteiger partial charge in [-0.2, -0.15) is 5.26 Å². The zero-order chi connectivity index (χ0) is 22.7. The Morgan fingerprint density at radius 3 is 2.44 bits per heavy atom. The molecule has 1 fully saturated rings. The summed E-state index contributed by atoms with van der Waals surface area (Å²) in [4.78, 5) is 19.6. The van der Waals surface area contributed by atoms with E-state index in [0.717, 1.165) is 41.3 Å². The van der Waals surface area contributed by atoms with Gasteiger partial charge in [0.15, 0.2) is 0 Å². The van der Waals surface area contributed by atoms with Gasteiger partial charge < -0.3 is 15.0 Å². The Morgan fingerprint density at radius 1 is 1.09 bits per heavy atom. The molecule has 1 N–H and O–H groups in total. The van der Waals surface area contributed by atoms with E-state index >= 15 is 0 Å². The first-order chi connectivity index (χ1) is 15.4. The molecule has 0 spiro atoms. The lowest BCUT2D eigenvalue weighted by atomic mass is 9.98. The Labute approximate surface area is 188 Å². The Balaban J connectivity index is 1.50. The molecule has 162 valence electrons. The van der Waals surface area contributed by atoms with E-state index < -0.39 is 0 Å². The summed E-state index contributed by atoms with van der Waals surface area (Å²) >= 11 is 0. The first kappa shape index (κ1) is 21.5. The predicted octanol–water partition coefficient (Wildman–Crippen LogP) is 4.79. The van der Waals surface area contributed by atoms with E-state index in [2.05, 4.69) is 35.1 Å². The average Bonchev–Trinajstić information content (AvgIpc) is 2.80. The highest BCUT2D eigenvalue weighted by atomic mass is 16.5. The van der Waals surface area contributed by atoms with Crippen LogP contribution in [0.25, 0.3) is 11.1 Å². The molecule has 6 nitrogen and oxygen atoms in total. The monoisotopic (exact) mass is 426 g/mol. The van der Waals surface area contributed by atoms with Crippen LogP contribution in [0.15, 0.2) is 60.8 Å². The van der Waals surface area contributed by atoms with Gasteiger partial charge in [0, 0.05) is 25.0 Å². The second-order valence-corrected chi connectivity index (χ2v) is 8.19. The van der Waals surface area contributed by atoms with E-state index in [1.54, 1.807) is 18.3 Å². The summed E-state index contributed by atoms with van der Waals surface area (Å²) in [5, 5.41) is 12.0. The van der Waals surface area contributed by atoms with E-state index in [4.69, 9.17) is 10.00 Å². The van der Waals surface area contributed by atoms with E-state index in [9.17, 15) is 4.79 Å². The molecule has 32 heavy (non-hydrogen) atoms. The number of hydrogen-bond donors (Lipinski definition) is 1. The van der Waals surface area contributed by atoms with E-state index in [0.29, 0.717) is 11.1 Å².